The van der Waals surface area contributed by atoms with Crippen molar-refractivity contribution in [1.82, 2.24) is 10.2 Å². The average Bonchev–Trinajstić information content (AvgIpc) is 2.87. The molecule has 1 saturated heterocycles. The zero-order chi connectivity index (χ0) is 25.3. The van der Waals surface area contributed by atoms with Crippen molar-refractivity contribution < 1.29 is 19.1 Å². The van der Waals surface area contributed by atoms with Gasteiger partial charge in [-0.1, -0.05) is 30.3 Å². The zero-order valence-corrected chi connectivity index (χ0v) is 21.1. The molecule has 3 aromatic rings. The number of benzene rings is 3. The van der Waals surface area contributed by atoms with Crippen LogP contribution in [0, 0.1) is 0 Å². The van der Waals surface area contributed by atoms with Crippen LogP contribution < -0.4 is 10.6 Å². The Morgan fingerprint density at radius 2 is 1.69 bits per heavy atom. The predicted molar refractivity (Wildman–Crippen MR) is 142 cm³/mol. The normalized spacial score (nSPS) is 14.6. The number of amides is 2. The van der Waals surface area contributed by atoms with Gasteiger partial charge in [0.25, 0.3) is 5.91 Å². The van der Waals surface area contributed by atoms with Gasteiger partial charge in [-0.25, -0.2) is 0 Å². The van der Waals surface area contributed by atoms with Crippen LogP contribution in [0.25, 0.3) is 10.8 Å². The molecule has 0 saturated carbocycles. The third-order valence-corrected chi connectivity index (χ3v) is 6.44. The SMILES string of the molecule is COCCOCc1ccc2ccc(CN3CCC(NC(=O)c4cccc(NC(C)=O)c4)CC3)cc2c1. The number of fused-ring (bicyclic) bond motifs is 1. The summed E-state index contributed by atoms with van der Waals surface area (Å²) in [5.74, 6) is -0.254. The molecular formula is C29H35N3O4. The Labute approximate surface area is 212 Å². The van der Waals surface area contributed by atoms with Crippen molar-refractivity contribution in [2.75, 3.05) is 38.7 Å². The monoisotopic (exact) mass is 489 g/mol. The molecule has 0 unspecified atom stereocenters. The Hall–Kier alpha value is -3.26. The molecule has 2 amide bonds. The van der Waals surface area contributed by atoms with Gasteiger partial charge in [0.15, 0.2) is 0 Å². The number of nitrogens with zero attached hydrogens (tertiary/aromatic N) is 1. The third-order valence-electron chi connectivity index (χ3n) is 6.44. The molecule has 1 aliphatic heterocycles. The first kappa shape index (κ1) is 25.8. The molecule has 7 nitrogen and oxygen atoms in total. The largest absolute Gasteiger partial charge is 0.382 e. The van der Waals surface area contributed by atoms with Crippen LogP contribution in [-0.4, -0.2) is 56.2 Å². The van der Waals surface area contributed by atoms with Gasteiger partial charge in [-0.05, 0) is 65.1 Å². The summed E-state index contributed by atoms with van der Waals surface area (Å²) < 4.78 is 10.7. The molecule has 0 aliphatic carbocycles. The van der Waals surface area contributed by atoms with Crippen molar-refractivity contribution in [2.24, 2.45) is 0 Å². The fourth-order valence-electron chi connectivity index (χ4n) is 4.57. The Kier molecular flexibility index (Phi) is 9.06. The quantitative estimate of drug-likeness (QED) is 0.414. The van der Waals surface area contributed by atoms with Crippen LogP contribution in [0.15, 0.2) is 60.7 Å². The number of carbonyl (C=O) groups excluding carboxylic acids is 2. The highest BCUT2D eigenvalue weighted by atomic mass is 16.5. The smallest absolute Gasteiger partial charge is 0.251 e. The number of piperidine rings is 1. The van der Waals surface area contributed by atoms with Crippen LogP contribution >= 0.6 is 0 Å². The topological polar surface area (TPSA) is 79.9 Å². The van der Waals surface area contributed by atoms with Gasteiger partial charge in [0, 0.05) is 51.0 Å². The highest BCUT2D eigenvalue weighted by Crippen LogP contribution is 2.21. The summed E-state index contributed by atoms with van der Waals surface area (Å²) in [6.07, 6.45) is 1.82. The molecule has 0 bridgehead atoms. The lowest BCUT2D eigenvalue weighted by atomic mass is 10.0. The maximum Gasteiger partial charge on any atom is 0.251 e. The molecule has 3 aromatic carbocycles. The molecule has 1 aliphatic rings. The number of carbonyl (C=O) groups is 2. The van der Waals surface area contributed by atoms with E-state index in [-0.39, 0.29) is 17.9 Å². The number of anilines is 1. The lowest BCUT2D eigenvalue weighted by Gasteiger charge is -2.32. The number of nitrogens with one attached hydrogen (secondary N) is 2. The summed E-state index contributed by atoms with van der Waals surface area (Å²) in [5, 5.41) is 8.33. The first-order valence-electron chi connectivity index (χ1n) is 12.5. The van der Waals surface area contributed by atoms with Gasteiger partial charge in [0.05, 0.1) is 19.8 Å². The van der Waals surface area contributed by atoms with Gasteiger partial charge in [0.1, 0.15) is 0 Å². The van der Waals surface area contributed by atoms with Gasteiger partial charge in [-0.2, -0.15) is 0 Å². The molecule has 0 spiro atoms. The van der Waals surface area contributed by atoms with E-state index in [1.165, 1.54) is 23.3 Å². The van der Waals surface area contributed by atoms with Crippen LogP contribution in [0.1, 0.15) is 41.3 Å². The van der Waals surface area contributed by atoms with Gasteiger partial charge in [-0.15, -0.1) is 0 Å². The molecule has 7 heteroatoms. The number of hydrogen-bond acceptors (Lipinski definition) is 5. The summed E-state index contributed by atoms with van der Waals surface area (Å²) in [7, 11) is 1.68. The summed E-state index contributed by atoms with van der Waals surface area (Å²) >= 11 is 0. The van der Waals surface area contributed by atoms with Gasteiger partial charge in [0.2, 0.25) is 5.91 Å². The van der Waals surface area contributed by atoms with Crippen molar-refractivity contribution in [3.05, 3.63) is 77.4 Å². The first-order chi connectivity index (χ1) is 17.5. The predicted octanol–water partition coefficient (Wildman–Crippen LogP) is 4.36. The van der Waals surface area contributed by atoms with Gasteiger partial charge >= 0.3 is 0 Å². The fourth-order valence-corrected chi connectivity index (χ4v) is 4.57. The van der Waals surface area contributed by atoms with Crippen LogP contribution in [0.5, 0.6) is 0 Å². The standard InChI is InChI=1S/C29H35N3O4/c1-21(33)30-28-5-3-4-25(18-28)29(34)31-27-10-12-32(13-11-27)19-22-6-8-24-9-7-23(17-26(24)16-22)20-36-15-14-35-2/h3-9,16-18,27H,10-15,19-20H2,1-2H3,(H,30,33)(H,31,34). The summed E-state index contributed by atoms with van der Waals surface area (Å²) in [5.41, 5.74) is 3.64. The number of rotatable bonds is 10. The van der Waals surface area contributed by atoms with Crippen molar-refractivity contribution in [1.29, 1.82) is 0 Å². The van der Waals surface area contributed by atoms with Crippen LogP contribution in [0.2, 0.25) is 0 Å². The second-order valence-electron chi connectivity index (χ2n) is 9.35. The van der Waals surface area contributed by atoms with Gasteiger partial charge in [-0.3, -0.25) is 14.5 Å². The summed E-state index contributed by atoms with van der Waals surface area (Å²) in [6.45, 7) is 5.99. The number of hydrogen-bond donors (Lipinski definition) is 2. The minimum Gasteiger partial charge on any atom is -0.382 e. The zero-order valence-electron chi connectivity index (χ0n) is 21.1. The van der Waals surface area contributed by atoms with E-state index in [1.807, 2.05) is 0 Å². The van der Waals surface area contributed by atoms with E-state index >= 15 is 0 Å². The van der Waals surface area contributed by atoms with E-state index in [2.05, 4.69) is 51.9 Å². The van der Waals surface area contributed by atoms with Crippen molar-refractivity contribution in [2.45, 2.75) is 39.0 Å². The molecule has 4 rings (SSSR count). The highest BCUT2D eigenvalue weighted by molar-refractivity contribution is 5.97. The number of likely N-dealkylation sites (tertiary alicyclic amines) is 1. The lowest BCUT2D eigenvalue weighted by molar-refractivity contribution is -0.114. The highest BCUT2D eigenvalue weighted by Gasteiger charge is 2.21. The fraction of sp³-hybridized carbons (Fsp3) is 0.379. The Balaban J connectivity index is 1.28. The number of ether oxygens (including phenoxy) is 2. The van der Waals surface area contributed by atoms with E-state index in [0.29, 0.717) is 31.1 Å². The third kappa shape index (κ3) is 7.37. The summed E-state index contributed by atoms with van der Waals surface area (Å²) in [4.78, 5) is 26.4. The molecule has 0 aromatic heterocycles. The van der Waals surface area contributed by atoms with Crippen molar-refractivity contribution in [3.63, 3.8) is 0 Å². The molecule has 2 N–H and O–H groups in total. The van der Waals surface area contributed by atoms with Crippen molar-refractivity contribution >= 4 is 28.3 Å². The van der Waals surface area contributed by atoms with Gasteiger partial charge < -0.3 is 20.1 Å². The maximum absolute atomic E-state index is 12.7. The Morgan fingerprint density at radius 1 is 0.944 bits per heavy atom. The first-order valence-corrected chi connectivity index (χ1v) is 12.5. The van der Waals surface area contributed by atoms with E-state index in [9.17, 15) is 9.59 Å². The Bertz CT molecular complexity index is 1190. The molecule has 190 valence electrons. The Morgan fingerprint density at radius 3 is 2.44 bits per heavy atom. The molecular weight excluding hydrogens is 454 g/mol. The minimum absolute atomic E-state index is 0.0998. The number of methoxy groups -OCH3 is 1. The molecule has 1 fully saturated rings. The lowest BCUT2D eigenvalue weighted by Crippen LogP contribution is -2.44. The summed E-state index contributed by atoms with van der Waals surface area (Å²) in [6, 6.07) is 20.3. The second-order valence-corrected chi connectivity index (χ2v) is 9.35. The molecule has 0 atom stereocenters. The van der Waals surface area contributed by atoms with E-state index < -0.39 is 0 Å². The minimum atomic E-state index is -0.154. The molecule has 1 heterocycles. The van der Waals surface area contributed by atoms with E-state index in [0.717, 1.165) is 38.0 Å². The van der Waals surface area contributed by atoms with Crippen LogP contribution in [0.4, 0.5) is 5.69 Å². The average molecular weight is 490 g/mol. The van der Waals surface area contributed by atoms with Crippen molar-refractivity contribution in [3.8, 4) is 0 Å². The van der Waals surface area contributed by atoms with E-state index in [4.69, 9.17) is 9.47 Å². The maximum atomic E-state index is 12.7. The van der Waals surface area contributed by atoms with Crippen LogP contribution in [0.3, 0.4) is 0 Å². The van der Waals surface area contributed by atoms with Crippen LogP contribution in [-0.2, 0) is 27.4 Å². The molecule has 36 heavy (non-hydrogen) atoms. The second kappa shape index (κ2) is 12.6. The van der Waals surface area contributed by atoms with E-state index in [1.54, 1.807) is 31.4 Å². The molecule has 0 radical (unpaired) electrons.